The Morgan fingerprint density at radius 2 is 1.75 bits per heavy atom. The standard InChI is InChI=1S/C17H19NO6/c1-9(19)14-13(21)8-17(3,22)16(10(2)20)15(14)11-4-6-12(7-5-11)18(23)24/h4-7,14-16,22H,8H2,1-3H3/t14-,15-,16+,17+/m1/s1. The minimum atomic E-state index is -1.57. The minimum absolute atomic E-state index is 0.133. The molecule has 0 radical (unpaired) electrons. The molecule has 7 nitrogen and oxygen atoms in total. The molecule has 1 aliphatic carbocycles. The van der Waals surface area contributed by atoms with Gasteiger partial charge in [-0.05, 0) is 26.3 Å². The molecule has 0 saturated heterocycles. The van der Waals surface area contributed by atoms with E-state index in [0.717, 1.165) is 0 Å². The fraction of sp³-hybridized carbons (Fsp3) is 0.471. The number of benzene rings is 1. The third kappa shape index (κ3) is 3.12. The van der Waals surface area contributed by atoms with Crippen LogP contribution in [0.1, 0.15) is 38.7 Å². The van der Waals surface area contributed by atoms with Crippen molar-refractivity contribution in [2.75, 3.05) is 0 Å². The first kappa shape index (κ1) is 17.9. The third-order valence-electron chi connectivity index (χ3n) is 4.63. The van der Waals surface area contributed by atoms with Gasteiger partial charge in [0.1, 0.15) is 17.3 Å². The number of non-ortho nitro benzene ring substituents is 1. The van der Waals surface area contributed by atoms with Crippen molar-refractivity contribution in [2.45, 2.75) is 38.7 Å². The lowest BCUT2D eigenvalue weighted by molar-refractivity contribution is -0.384. The smallest absolute Gasteiger partial charge is 0.269 e. The first-order valence-electron chi connectivity index (χ1n) is 7.56. The van der Waals surface area contributed by atoms with E-state index in [9.17, 15) is 29.6 Å². The summed E-state index contributed by atoms with van der Waals surface area (Å²) in [5.41, 5.74) is -1.25. The van der Waals surface area contributed by atoms with Crippen LogP contribution < -0.4 is 0 Å². The van der Waals surface area contributed by atoms with Gasteiger partial charge in [-0.1, -0.05) is 12.1 Å². The third-order valence-corrected chi connectivity index (χ3v) is 4.63. The van der Waals surface area contributed by atoms with Gasteiger partial charge >= 0.3 is 0 Å². The van der Waals surface area contributed by atoms with Crippen molar-refractivity contribution in [3.8, 4) is 0 Å². The summed E-state index contributed by atoms with van der Waals surface area (Å²) in [4.78, 5) is 46.8. The van der Waals surface area contributed by atoms with E-state index in [2.05, 4.69) is 0 Å². The van der Waals surface area contributed by atoms with Gasteiger partial charge in [0.25, 0.3) is 5.69 Å². The van der Waals surface area contributed by atoms with Crippen molar-refractivity contribution in [1.29, 1.82) is 0 Å². The Hall–Kier alpha value is -2.41. The lowest BCUT2D eigenvalue weighted by Crippen LogP contribution is -2.53. The summed E-state index contributed by atoms with van der Waals surface area (Å²) in [5, 5.41) is 21.4. The number of hydrogen-bond acceptors (Lipinski definition) is 6. The summed E-state index contributed by atoms with van der Waals surface area (Å²) < 4.78 is 0. The highest BCUT2D eigenvalue weighted by Gasteiger charge is 2.53. The highest BCUT2D eigenvalue weighted by atomic mass is 16.6. The van der Waals surface area contributed by atoms with Gasteiger partial charge in [0.15, 0.2) is 0 Å². The van der Waals surface area contributed by atoms with E-state index in [1.165, 1.54) is 45.0 Å². The molecule has 1 saturated carbocycles. The van der Waals surface area contributed by atoms with Gasteiger partial charge in [-0.25, -0.2) is 0 Å². The maximum Gasteiger partial charge on any atom is 0.269 e. The lowest BCUT2D eigenvalue weighted by Gasteiger charge is -2.44. The van der Waals surface area contributed by atoms with Crippen LogP contribution in [0.4, 0.5) is 5.69 Å². The zero-order valence-corrected chi connectivity index (χ0v) is 13.7. The molecule has 0 amide bonds. The Bertz CT molecular complexity index is 706. The number of nitrogens with zero attached hydrogens (tertiary/aromatic N) is 1. The number of Topliss-reactive ketones (excluding diaryl/α,β-unsaturated/α-hetero) is 3. The molecule has 24 heavy (non-hydrogen) atoms. The number of ketones is 3. The van der Waals surface area contributed by atoms with E-state index in [-0.39, 0.29) is 23.7 Å². The van der Waals surface area contributed by atoms with Gasteiger partial charge in [-0.3, -0.25) is 24.5 Å². The van der Waals surface area contributed by atoms with Crippen LogP contribution in [0, 0.1) is 22.0 Å². The molecule has 0 aromatic heterocycles. The summed E-state index contributed by atoms with van der Waals surface area (Å²) in [5.74, 6) is -3.95. The van der Waals surface area contributed by atoms with Crippen molar-refractivity contribution >= 4 is 23.0 Å². The van der Waals surface area contributed by atoms with Crippen molar-refractivity contribution in [1.82, 2.24) is 0 Å². The van der Waals surface area contributed by atoms with E-state index in [0.29, 0.717) is 5.56 Å². The Kier molecular flexibility index (Phi) is 4.66. The fourth-order valence-electron chi connectivity index (χ4n) is 3.73. The summed E-state index contributed by atoms with van der Waals surface area (Å²) in [7, 11) is 0. The van der Waals surface area contributed by atoms with Crippen LogP contribution in [0.25, 0.3) is 0 Å². The van der Waals surface area contributed by atoms with Gasteiger partial charge in [0, 0.05) is 24.5 Å². The molecule has 0 heterocycles. The molecule has 1 aromatic rings. The average molecular weight is 333 g/mol. The van der Waals surface area contributed by atoms with Crippen LogP contribution >= 0.6 is 0 Å². The largest absolute Gasteiger partial charge is 0.389 e. The molecular weight excluding hydrogens is 314 g/mol. The van der Waals surface area contributed by atoms with E-state index in [4.69, 9.17) is 0 Å². The molecule has 0 unspecified atom stereocenters. The van der Waals surface area contributed by atoms with Crippen molar-refractivity contribution in [3.63, 3.8) is 0 Å². The Morgan fingerprint density at radius 1 is 1.21 bits per heavy atom. The zero-order chi connectivity index (χ0) is 18.2. The molecular formula is C17H19NO6. The van der Waals surface area contributed by atoms with Gasteiger partial charge in [-0.2, -0.15) is 0 Å². The van der Waals surface area contributed by atoms with Gasteiger partial charge < -0.3 is 5.11 Å². The number of carbonyl (C=O) groups is 3. The number of aliphatic hydroxyl groups is 1. The molecule has 1 N–H and O–H groups in total. The zero-order valence-electron chi connectivity index (χ0n) is 13.7. The predicted octanol–water partition coefficient (Wildman–Crippen LogP) is 1.81. The van der Waals surface area contributed by atoms with Crippen LogP contribution in [-0.4, -0.2) is 33.0 Å². The highest BCUT2D eigenvalue weighted by molar-refractivity contribution is 6.05. The Balaban J connectivity index is 2.60. The summed E-state index contributed by atoms with van der Waals surface area (Å²) in [6.45, 7) is 3.99. The van der Waals surface area contributed by atoms with Crippen LogP contribution in [0.2, 0.25) is 0 Å². The van der Waals surface area contributed by atoms with Gasteiger partial charge in [-0.15, -0.1) is 0 Å². The number of nitro benzene ring substituents is 1. The van der Waals surface area contributed by atoms with E-state index in [1.54, 1.807) is 0 Å². The molecule has 1 aromatic carbocycles. The second-order valence-electron chi connectivity index (χ2n) is 6.55. The number of rotatable bonds is 4. The van der Waals surface area contributed by atoms with Crippen LogP contribution in [0.3, 0.4) is 0 Å². The summed E-state index contributed by atoms with van der Waals surface area (Å²) in [6, 6.07) is 5.39. The minimum Gasteiger partial charge on any atom is -0.389 e. The molecule has 2 rings (SSSR count). The van der Waals surface area contributed by atoms with E-state index >= 15 is 0 Å². The molecule has 128 valence electrons. The van der Waals surface area contributed by atoms with Crippen LogP contribution in [-0.2, 0) is 14.4 Å². The van der Waals surface area contributed by atoms with Crippen molar-refractivity contribution < 1.29 is 24.4 Å². The number of carbonyl (C=O) groups excluding carboxylic acids is 3. The second kappa shape index (κ2) is 6.24. The van der Waals surface area contributed by atoms with E-state index < -0.39 is 34.1 Å². The highest BCUT2D eigenvalue weighted by Crippen LogP contribution is 2.46. The van der Waals surface area contributed by atoms with Crippen LogP contribution in [0.5, 0.6) is 0 Å². The predicted molar refractivity (Wildman–Crippen MR) is 84.4 cm³/mol. The monoisotopic (exact) mass is 333 g/mol. The molecule has 7 heteroatoms. The topological polar surface area (TPSA) is 115 Å². The summed E-state index contributed by atoms with van der Waals surface area (Å²) in [6.07, 6.45) is -0.273. The molecule has 0 spiro atoms. The van der Waals surface area contributed by atoms with Crippen LogP contribution in [0.15, 0.2) is 24.3 Å². The van der Waals surface area contributed by atoms with Crippen molar-refractivity contribution in [3.05, 3.63) is 39.9 Å². The maximum atomic E-state index is 12.4. The van der Waals surface area contributed by atoms with Crippen molar-refractivity contribution in [2.24, 2.45) is 11.8 Å². The molecule has 0 aliphatic heterocycles. The Labute approximate surface area is 138 Å². The molecule has 0 bridgehead atoms. The van der Waals surface area contributed by atoms with Gasteiger partial charge in [0.05, 0.1) is 22.4 Å². The maximum absolute atomic E-state index is 12.4. The van der Waals surface area contributed by atoms with E-state index in [1.807, 2.05) is 0 Å². The first-order valence-corrected chi connectivity index (χ1v) is 7.56. The Morgan fingerprint density at radius 3 is 2.17 bits per heavy atom. The first-order chi connectivity index (χ1) is 11.1. The number of hydrogen-bond donors (Lipinski definition) is 1. The molecule has 1 fully saturated rings. The average Bonchev–Trinajstić information content (AvgIpc) is 2.44. The lowest BCUT2D eigenvalue weighted by atomic mass is 9.60. The quantitative estimate of drug-likeness (QED) is 0.510. The fourth-order valence-corrected chi connectivity index (χ4v) is 3.73. The SMILES string of the molecule is CC(=O)[C@@H]1C(=O)C[C@](C)(O)[C@@H](C(C)=O)[C@@H]1c1ccc([N+](=O)[O-])cc1. The normalized spacial score (nSPS) is 30.0. The molecule has 1 aliphatic rings. The number of nitro groups is 1. The van der Waals surface area contributed by atoms with Gasteiger partial charge in [0.2, 0.25) is 0 Å². The summed E-state index contributed by atoms with van der Waals surface area (Å²) >= 11 is 0. The second-order valence-corrected chi connectivity index (χ2v) is 6.55. The molecule has 4 atom stereocenters.